The Morgan fingerprint density at radius 1 is 1.56 bits per heavy atom. The average molecular weight is 245 g/mol. The molecule has 6 heteroatoms. The van der Waals surface area contributed by atoms with Gasteiger partial charge in [0.15, 0.2) is 6.54 Å². The number of rotatable bonds is 4. The Morgan fingerprint density at radius 3 is 2.75 bits per heavy atom. The maximum Gasteiger partial charge on any atom is 0.295 e. The SMILES string of the molecule is C[N+](C)(C)CC(=O)N/N=C/c1ccc[nH]1.[Cl-]. The number of hydrogen-bond donors (Lipinski definition) is 2. The van der Waals surface area contributed by atoms with Crippen molar-refractivity contribution in [3.8, 4) is 0 Å². The molecule has 0 unspecified atom stereocenters. The van der Waals surface area contributed by atoms with Gasteiger partial charge in [-0.25, -0.2) is 5.43 Å². The molecule has 16 heavy (non-hydrogen) atoms. The van der Waals surface area contributed by atoms with Crippen LogP contribution >= 0.6 is 0 Å². The van der Waals surface area contributed by atoms with Gasteiger partial charge in [-0.2, -0.15) is 5.10 Å². The zero-order valence-electron chi connectivity index (χ0n) is 9.70. The summed E-state index contributed by atoms with van der Waals surface area (Å²) in [5.74, 6) is -0.0923. The van der Waals surface area contributed by atoms with Crippen LogP contribution < -0.4 is 17.8 Å². The molecule has 0 fully saturated rings. The summed E-state index contributed by atoms with van der Waals surface area (Å²) in [6.07, 6.45) is 3.38. The van der Waals surface area contributed by atoms with E-state index in [-0.39, 0.29) is 18.3 Å². The van der Waals surface area contributed by atoms with E-state index in [0.717, 1.165) is 5.69 Å². The van der Waals surface area contributed by atoms with Gasteiger partial charge in [-0.15, -0.1) is 0 Å². The fourth-order valence-corrected chi connectivity index (χ4v) is 1.06. The van der Waals surface area contributed by atoms with Crippen molar-refractivity contribution in [2.24, 2.45) is 5.10 Å². The van der Waals surface area contributed by atoms with E-state index in [9.17, 15) is 4.79 Å². The number of aromatic amines is 1. The van der Waals surface area contributed by atoms with Crippen LogP contribution in [0.4, 0.5) is 0 Å². The lowest BCUT2D eigenvalue weighted by molar-refractivity contribution is -0.862. The summed E-state index contributed by atoms with van der Waals surface area (Å²) >= 11 is 0. The summed E-state index contributed by atoms with van der Waals surface area (Å²) in [5, 5.41) is 3.83. The summed E-state index contributed by atoms with van der Waals surface area (Å²) in [7, 11) is 5.86. The monoisotopic (exact) mass is 244 g/mol. The van der Waals surface area contributed by atoms with E-state index in [0.29, 0.717) is 11.0 Å². The average Bonchev–Trinajstić information content (AvgIpc) is 2.53. The van der Waals surface area contributed by atoms with Crippen molar-refractivity contribution in [3.63, 3.8) is 0 Å². The second kappa shape index (κ2) is 6.30. The minimum absolute atomic E-state index is 0. The molecule has 0 saturated carbocycles. The molecule has 0 aliphatic carbocycles. The summed E-state index contributed by atoms with van der Waals surface area (Å²) in [6, 6.07) is 3.74. The Balaban J connectivity index is 0.00000225. The number of likely N-dealkylation sites (N-methyl/N-ethyl adjacent to an activating group) is 1. The van der Waals surface area contributed by atoms with Gasteiger partial charge in [0.05, 0.1) is 33.1 Å². The molecular weight excluding hydrogens is 228 g/mol. The molecule has 0 aliphatic rings. The molecule has 0 bridgehead atoms. The predicted molar refractivity (Wildman–Crippen MR) is 59.4 cm³/mol. The fourth-order valence-electron chi connectivity index (χ4n) is 1.06. The number of halogens is 1. The van der Waals surface area contributed by atoms with E-state index in [1.807, 2.05) is 33.3 Å². The van der Waals surface area contributed by atoms with Crippen LogP contribution in [-0.2, 0) is 4.79 Å². The van der Waals surface area contributed by atoms with Crippen molar-refractivity contribution in [1.82, 2.24) is 10.4 Å². The smallest absolute Gasteiger partial charge is 0.295 e. The summed E-state index contributed by atoms with van der Waals surface area (Å²) in [5.41, 5.74) is 3.33. The first-order valence-electron chi connectivity index (χ1n) is 4.73. The molecule has 1 aromatic heterocycles. The quantitative estimate of drug-likeness (QED) is 0.335. The maximum atomic E-state index is 11.3. The lowest BCUT2D eigenvalue weighted by Gasteiger charge is -2.21. The van der Waals surface area contributed by atoms with Crippen LogP contribution in [0.25, 0.3) is 0 Å². The molecule has 0 atom stereocenters. The first-order valence-corrected chi connectivity index (χ1v) is 4.73. The van der Waals surface area contributed by atoms with Gasteiger partial charge in [0, 0.05) is 6.20 Å². The highest BCUT2D eigenvalue weighted by molar-refractivity contribution is 5.81. The second-order valence-corrected chi connectivity index (χ2v) is 4.37. The first kappa shape index (κ1) is 14.7. The van der Waals surface area contributed by atoms with Crippen LogP contribution in [0.3, 0.4) is 0 Å². The third-order valence-corrected chi connectivity index (χ3v) is 1.63. The van der Waals surface area contributed by atoms with Crippen molar-refractivity contribution in [3.05, 3.63) is 24.0 Å². The maximum absolute atomic E-state index is 11.3. The topological polar surface area (TPSA) is 57.2 Å². The Morgan fingerprint density at radius 2 is 2.25 bits per heavy atom. The molecule has 0 saturated heterocycles. The molecule has 1 aromatic rings. The molecule has 0 aliphatic heterocycles. The van der Waals surface area contributed by atoms with E-state index < -0.39 is 0 Å². The van der Waals surface area contributed by atoms with Crippen molar-refractivity contribution >= 4 is 12.1 Å². The zero-order chi connectivity index (χ0) is 11.3. The number of quaternary nitrogens is 1. The summed E-state index contributed by atoms with van der Waals surface area (Å²) < 4.78 is 0.587. The number of aromatic nitrogens is 1. The van der Waals surface area contributed by atoms with Gasteiger partial charge in [0.1, 0.15) is 0 Å². The van der Waals surface area contributed by atoms with Crippen molar-refractivity contribution in [2.45, 2.75) is 0 Å². The Labute approximate surface area is 102 Å². The van der Waals surface area contributed by atoms with Crippen LogP contribution in [0.15, 0.2) is 23.4 Å². The molecule has 0 spiro atoms. The van der Waals surface area contributed by atoms with E-state index in [4.69, 9.17) is 0 Å². The second-order valence-electron chi connectivity index (χ2n) is 4.37. The molecule has 1 rings (SSSR count). The van der Waals surface area contributed by atoms with Gasteiger partial charge in [-0.05, 0) is 12.1 Å². The Bertz CT molecular complexity index is 340. The summed E-state index contributed by atoms with van der Waals surface area (Å²) in [4.78, 5) is 14.3. The first-order chi connectivity index (χ1) is 6.97. The van der Waals surface area contributed by atoms with Gasteiger partial charge in [0.25, 0.3) is 5.91 Å². The number of hydrogen-bond acceptors (Lipinski definition) is 2. The Kier molecular flexibility index (Phi) is 5.77. The van der Waals surface area contributed by atoms with Crippen LogP contribution in [0, 0.1) is 0 Å². The minimum atomic E-state index is -0.0923. The van der Waals surface area contributed by atoms with Crippen molar-refractivity contribution in [2.75, 3.05) is 27.7 Å². The van der Waals surface area contributed by atoms with E-state index in [1.54, 1.807) is 12.4 Å². The normalized spacial score (nSPS) is 11.2. The molecule has 2 N–H and O–H groups in total. The predicted octanol–water partition coefficient (Wildman–Crippen LogP) is -2.82. The molecular formula is C10H17ClN4O. The van der Waals surface area contributed by atoms with E-state index >= 15 is 0 Å². The molecule has 0 radical (unpaired) electrons. The van der Waals surface area contributed by atoms with Crippen LogP contribution in [0.2, 0.25) is 0 Å². The van der Waals surface area contributed by atoms with Crippen LogP contribution in [0.1, 0.15) is 5.69 Å². The highest BCUT2D eigenvalue weighted by Crippen LogP contribution is 1.90. The molecule has 0 aromatic carbocycles. The van der Waals surface area contributed by atoms with Crippen LogP contribution in [-0.4, -0.2) is 49.3 Å². The Hall–Kier alpha value is -1.33. The highest BCUT2D eigenvalue weighted by Gasteiger charge is 2.12. The van der Waals surface area contributed by atoms with E-state index in [1.165, 1.54) is 0 Å². The van der Waals surface area contributed by atoms with Gasteiger partial charge < -0.3 is 21.9 Å². The number of amides is 1. The minimum Gasteiger partial charge on any atom is -1.00 e. The molecule has 1 heterocycles. The number of nitrogens with zero attached hydrogens (tertiary/aromatic N) is 2. The molecule has 1 amide bonds. The van der Waals surface area contributed by atoms with Crippen molar-refractivity contribution < 1.29 is 21.7 Å². The number of H-pyrrole nitrogens is 1. The number of hydrazone groups is 1. The standard InChI is InChI=1S/C10H16N4O.ClH/c1-14(2,3)8-10(15)13-12-7-9-5-4-6-11-9;/h4-7H,8H2,1-3H3,(H-,11,12,13,15);1H. The number of carbonyl (C=O) groups is 1. The van der Waals surface area contributed by atoms with Crippen LogP contribution in [0.5, 0.6) is 0 Å². The van der Waals surface area contributed by atoms with Gasteiger partial charge in [0.2, 0.25) is 0 Å². The fraction of sp³-hybridized carbons (Fsp3) is 0.400. The molecule has 90 valence electrons. The largest absolute Gasteiger partial charge is 1.00 e. The van der Waals surface area contributed by atoms with Gasteiger partial charge >= 0.3 is 0 Å². The van der Waals surface area contributed by atoms with E-state index in [2.05, 4.69) is 15.5 Å². The van der Waals surface area contributed by atoms with Gasteiger partial charge in [-0.1, -0.05) is 0 Å². The lowest BCUT2D eigenvalue weighted by atomic mass is 10.5. The zero-order valence-corrected chi connectivity index (χ0v) is 10.5. The van der Waals surface area contributed by atoms with Crippen molar-refractivity contribution in [1.29, 1.82) is 0 Å². The third kappa shape index (κ3) is 6.21. The van der Waals surface area contributed by atoms with Gasteiger partial charge in [-0.3, -0.25) is 4.79 Å². The highest BCUT2D eigenvalue weighted by atomic mass is 35.5. The third-order valence-electron chi connectivity index (χ3n) is 1.63. The lowest BCUT2D eigenvalue weighted by Crippen LogP contribution is -3.00. The summed E-state index contributed by atoms with van der Waals surface area (Å²) in [6.45, 7) is 0.405. The number of carbonyl (C=O) groups excluding carboxylic acids is 1. The molecule has 5 nitrogen and oxygen atoms in total. The number of nitrogens with one attached hydrogen (secondary N) is 2.